The highest BCUT2D eigenvalue weighted by Gasteiger charge is 2.22. The van der Waals surface area contributed by atoms with E-state index in [1.807, 2.05) is 0 Å². The molecule has 1 aromatic rings. The summed E-state index contributed by atoms with van der Waals surface area (Å²) < 4.78 is 23.9. The minimum absolute atomic E-state index is 0.103. The zero-order chi connectivity index (χ0) is 11.6. The Morgan fingerprint density at radius 3 is 2.56 bits per heavy atom. The van der Waals surface area contributed by atoms with Crippen LogP contribution in [0.5, 0.6) is 0 Å². The third-order valence-electron chi connectivity index (χ3n) is 2.31. The molecule has 0 unspecified atom stereocenters. The Kier molecular flexibility index (Phi) is 3.49. The Labute approximate surface area is 99.6 Å². The first-order valence-corrected chi connectivity index (χ1v) is 6.97. The molecule has 1 heterocycles. The molecular formula is C10H12ClNO3S. The van der Waals surface area contributed by atoms with Crippen LogP contribution in [0.1, 0.15) is 6.42 Å². The monoisotopic (exact) mass is 261 g/mol. The van der Waals surface area contributed by atoms with Gasteiger partial charge in [0.25, 0.3) is 0 Å². The van der Waals surface area contributed by atoms with Crippen LogP contribution in [-0.4, -0.2) is 32.5 Å². The topological polar surface area (TPSA) is 46.6 Å². The lowest BCUT2D eigenvalue weighted by molar-refractivity contribution is -0.0942. The fourth-order valence-electron chi connectivity index (χ4n) is 1.51. The molecule has 1 aromatic carbocycles. The molecule has 6 heteroatoms. The zero-order valence-electron chi connectivity index (χ0n) is 8.60. The van der Waals surface area contributed by atoms with E-state index >= 15 is 0 Å². The van der Waals surface area contributed by atoms with Crippen molar-refractivity contribution in [3.63, 3.8) is 0 Å². The van der Waals surface area contributed by atoms with Gasteiger partial charge in [-0.05, 0) is 30.7 Å². The van der Waals surface area contributed by atoms with Crippen molar-refractivity contribution in [2.75, 3.05) is 19.0 Å². The maximum atomic E-state index is 11.9. The van der Waals surface area contributed by atoms with Crippen LogP contribution in [0.4, 0.5) is 0 Å². The van der Waals surface area contributed by atoms with E-state index in [1.54, 1.807) is 12.1 Å². The Hall–Kier alpha value is -0.620. The largest absolute Gasteiger partial charge is 0.298 e. The molecule has 0 saturated carbocycles. The van der Waals surface area contributed by atoms with Crippen molar-refractivity contribution < 1.29 is 13.3 Å². The van der Waals surface area contributed by atoms with Crippen molar-refractivity contribution in [3.05, 3.63) is 29.3 Å². The maximum absolute atomic E-state index is 11.9. The Bertz CT molecular complexity index is 451. The van der Waals surface area contributed by atoms with Crippen LogP contribution < -0.4 is 0 Å². The van der Waals surface area contributed by atoms with Crippen molar-refractivity contribution in [1.29, 1.82) is 0 Å². The predicted octanol–water partition coefficient (Wildman–Crippen LogP) is 1.71. The summed E-state index contributed by atoms with van der Waals surface area (Å²) in [6.45, 7) is 1.25. The molecule has 2 rings (SSSR count). The Balaban J connectivity index is 2.14. The molecule has 0 bridgehead atoms. The lowest BCUT2D eigenvalue weighted by atomic mass is 10.4. The summed E-state index contributed by atoms with van der Waals surface area (Å²) in [5.74, 6) is -0.103. The van der Waals surface area contributed by atoms with Gasteiger partial charge in [0.05, 0.1) is 11.5 Å². The molecule has 0 aliphatic carbocycles. The fraction of sp³-hybridized carbons (Fsp3) is 0.400. The number of hydroxylamine groups is 2. The minimum Gasteiger partial charge on any atom is -0.298 e. The standard InChI is InChI=1S/C10H12ClNO3S/c11-9-2-4-10(5-3-9)16(13,14)8-12-6-1-7-15-12/h2-5H,1,6-8H2. The number of hydrogen-bond acceptors (Lipinski definition) is 4. The van der Waals surface area contributed by atoms with E-state index in [1.165, 1.54) is 17.2 Å². The summed E-state index contributed by atoms with van der Waals surface area (Å²) >= 11 is 5.70. The van der Waals surface area contributed by atoms with Crippen LogP contribution in [0.25, 0.3) is 0 Å². The molecule has 1 aliphatic heterocycles. The zero-order valence-corrected chi connectivity index (χ0v) is 10.2. The van der Waals surface area contributed by atoms with Crippen LogP contribution in [0.3, 0.4) is 0 Å². The molecule has 0 atom stereocenters. The fourth-order valence-corrected chi connectivity index (χ4v) is 2.92. The molecule has 88 valence electrons. The molecule has 1 saturated heterocycles. The Morgan fingerprint density at radius 2 is 2.00 bits per heavy atom. The molecule has 0 aromatic heterocycles. The van der Waals surface area contributed by atoms with Crippen molar-refractivity contribution in [2.24, 2.45) is 0 Å². The molecule has 1 aliphatic rings. The van der Waals surface area contributed by atoms with E-state index in [0.29, 0.717) is 18.2 Å². The molecule has 0 N–H and O–H groups in total. The van der Waals surface area contributed by atoms with Gasteiger partial charge in [0.2, 0.25) is 0 Å². The second-order valence-electron chi connectivity index (χ2n) is 3.59. The van der Waals surface area contributed by atoms with E-state index in [4.69, 9.17) is 16.4 Å². The third-order valence-corrected chi connectivity index (χ3v) is 4.18. The number of sulfone groups is 1. The second-order valence-corrected chi connectivity index (χ2v) is 5.99. The van der Waals surface area contributed by atoms with E-state index in [0.717, 1.165) is 6.42 Å². The van der Waals surface area contributed by atoms with Crippen LogP contribution in [-0.2, 0) is 14.7 Å². The summed E-state index contributed by atoms with van der Waals surface area (Å²) in [6, 6.07) is 6.15. The van der Waals surface area contributed by atoms with Gasteiger partial charge in [-0.25, -0.2) is 8.42 Å². The van der Waals surface area contributed by atoms with Gasteiger partial charge in [0.1, 0.15) is 5.88 Å². The first-order chi connectivity index (χ1) is 7.58. The molecule has 16 heavy (non-hydrogen) atoms. The number of nitrogens with zero attached hydrogens (tertiary/aromatic N) is 1. The summed E-state index contributed by atoms with van der Waals surface area (Å²) in [4.78, 5) is 5.43. The van der Waals surface area contributed by atoms with Crippen molar-refractivity contribution in [2.45, 2.75) is 11.3 Å². The number of hydrogen-bond donors (Lipinski definition) is 0. The van der Waals surface area contributed by atoms with Crippen molar-refractivity contribution in [1.82, 2.24) is 5.06 Å². The minimum atomic E-state index is -3.32. The lowest BCUT2D eigenvalue weighted by Gasteiger charge is -2.13. The lowest BCUT2D eigenvalue weighted by Crippen LogP contribution is -2.26. The van der Waals surface area contributed by atoms with Gasteiger partial charge in [-0.2, -0.15) is 5.06 Å². The van der Waals surface area contributed by atoms with E-state index in [-0.39, 0.29) is 10.8 Å². The SMILES string of the molecule is O=S(=O)(CN1CCCO1)c1ccc(Cl)cc1. The van der Waals surface area contributed by atoms with E-state index < -0.39 is 9.84 Å². The highest BCUT2D eigenvalue weighted by Crippen LogP contribution is 2.17. The first-order valence-electron chi connectivity index (χ1n) is 4.94. The van der Waals surface area contributed by atoms with Gasteiger partial charge in [0.15, 0.2) is 9.84 Å². The number of halogens is 1. The van der Waals surface area contributed by atoms with Gasteiger partial charge in [-0.1, -0.05) is 11.6 Å². The van der Waals surface area contributed by atoms with Gasteiger partial charge < -0.3 is 0 Å². The third kappa shape index (κ3) is 2.74. The quantitative estimate of drug-likeness (QED) is 0.831. The summed E-state index contributed by atoms with van der Waals surface area (Å²) in [5.41, 5.74) is 0. The van der Waals surface area contributed by atoms with E-state index in [2.05, 4.69) is 0 Å². The molecule has 0 amide bonds. The molecule has 0 radical (unpaired) electrons. The smallest absolute Gasteiger partial charge is 0.193 e. The van der Waals surface area contributed by atoms with Crippen LogP contribution in [0.15, 0.2) is 29.2 Å². The van der Waals surface area contributed by atoms with Gasteiger partial charge in [-0.15, -0.1) is 0 Å². The molecular weight excluding hydrogens is 250 g/mol. The normalized spacial score (nSPS) is 17.8. The highest BCUT2D eigenvalue weighted by atomic mass is 35.5. The van der Waals surface area contributed by atoms with E-state index in [9.17, 15) is 8.42 Å². The highest BCUT2D eigenvalue weighted by molar-refractivity contribution is 7.91. The van der Waals surface area contributed by atoms with Crippen LogP contribution in [0.2, 0.25) is 5.02 Å². The summed E-state index contributed by atoms with van der Waals surface area (Å²) in [7, 11) is -3.32. The predicted molar refractivity (Wildman–Crippen MR) is 60.8 cm³/mol. The molecule has 0 spiro atoms. The number of benzene rings is 1. The molecule has 4 nitrogen and oxygen atoms in total. The summed E-state index contributed by atoms with van der Waals surface area (Å²) in [5, 5.41) is 2.00. The van der Waals surface area contributed by atoms with Gasteiger partial charge in [-0.3, -0.25) is 4.84 Å². The number of rotatable bonds is 3. The average molecular weight is 262 g/mol. The van der Waals surface area contributed by atoms with Crippen LogP contribution in [0, 0.1) is 0 Å². The van der Waals surface area contributed by atoms with Gasteiger partial charge in [0, 0.05) is 11.6 Å². The van der Waals surface area contributed by atoms with Crippen molar-refractivity contribution >= 4 is 21.4 Å². The maximum Gasteiger partial charge on any atom is 0.193 e. The summed E-state index contributed by atoms with van der Waals surface area (Å²) in [6.07, 6.45) is 0.871. The average Bonchev–Trinajstić information content (AvgIpc) is 2.70. The Morgan fingerprint density at radius 1 is 1.31 bits per heavy atom. The second kappa shape index (κ2) is 4.71. The van der Waals surface area contributed by atoms with Gasteiger partial charge >= 0.3 is 0 Å². The van der Waals surface area contributed by atoms with Crippen LogP contribution >= 0.6 is 11.6 Å². The first kappa shape index (κ1) is 11.9. The molecule has 1 fully saturated rings. The van der Waals surface area contributed by atoms with Crippen molar-refractivity contribution in [3.8, 4) is 0 Å².